The zero-order valence-corrected chi connectivity index (χ0v) is 11.6. The van der Waals surface area contributed by atoms with Crippen LogP contribution in [0.4, 0.5) is 5.82 Å². The first-order valence-electron chi connectivity index (χ1n) is 6.89. The van der Waals surface area contributed by atoms with Gasteiger partial charge in [-0.15, -0.1) is 0 Å². The first-order chi connectivity index (χ1) is 8.66. The Morgan fingerprint density at radius 2 is 2.00 bits per heavy atom. The Kier molecular flexibility index (Phi) is 4.39. The van der Waals surface area contributed by atoms with Gasteiger partial charge in [-0.05, 0) is 39.0 Å². The quantitative estimate of drug-likeness (QED) is 0.825. The van der Waals surface area contributed by atoms with Gasteiger partial charge < -0.3 is 9.64 Å². The van der Waals surface area contributed by atoms with E-state index in [0.29, 0.717) is 5.88 Å². The molecule has 100 valence electrons. The maximum atomic E-state index is 5.75. The SMILES string of the molecule is CC1CCCN(c2nccnc2OC(C)C)CC1. The van der Waals surface area contributed by atoms with Crippen LogP contribution in [0.1, 0.15) is 40.0 Å². The van der Waals surface area contributed by atoms with Gasteiger partial charge in [0.05, 0.1) is 6.10 Å². The van der Waals surface area contributed by atoms with Crippen LogP contribution in [0.5, 0.6) is 5.88 Å². The lowest BCUT2D eigenvalue weighted by atomic mass is 10.0. The van der Waals surface area contributed by atoms with Gasteiger partial charge in [-0.3, -0.25) is 0 Å². The molecule has 0 spiro atoms. The van der Waals surface area contributed by atoms with Gasteiger partial charge in [0.2, 0.25) is 0 Å². The van der Waals surface area contributed by atoms with Crippen molar-refractivity contribution in [3.63, 3.8) is 0 Å². The Balaban J connectivity index is 2.15. The van der Waals surface area contributed by atoms with Gasteiger partial charge >= 0.3 is 0 Å². The molecular weight excluding hydrogens is 226 g/mol. The normalized spacial score (nSPS) is 20.9. The van der Waals surface area contributed by atoms with Crippen LogP contribution < -0.4 is 9.64 Å². The molecule has 0 aliphatic carbocycles. The van der Waals surface area contributed by atoms with E-state index in [1.165, 1.54) is 19.3 Å². The molecule has 1 unspecified atom stereocenters. The second-order valence-electron chi connectivity index (χ2n) is 5.37. The van der Waals surface area contributed by atoms with Crippen molar-refractivity contribution in [2.45, 2.75) is 46.1 Å². The molecule has 1 atom stereocenters. The van der Waals surface area contributed by atoms with Crippen LogP contribution in [0.2, 0.25) is 0 Å². The molecule has 0 bridgehead atoms. The van der Waals surface area contributed by atoms with Gasteiger partial charge in [0.1, 0.15) is 0 Å². The number of anilines is 1. The van der Waals surface area contributed by atoms with Crippen molar-refractivity contribution in [1.82, 2.24) is 9.97 Å². The third-order valence-corrected chi connectivity index (χ3v) is 3.31. The predicted octanol–water partition coefficient (Wildman–Crippen LogP) is 2.89. The third-order valence-electron chi connectivity index (χ3n) is 3.31. The summed E-state index contributed by atoms with van der Waals surface area (Å²) in [7, 11) is 0. The average Bonchev–Trinajstić information content (AvgIpc) is 2.54. The van der Waals surface area contributed by atoms with Crippen molar-refractivity contribution in [3.8, 4) is 5.88 Å². The molecule has 0 amide bonds. The van der Waals surface area contributed by atoms with Crippen LogP contribution in [-0.2, 0) is 0 Å². The Morgan fingerprint density at radius 1 is 1.22 bits per heavy atom. The van der Waals surface area contributed by atoms with Crippen LogP contribution in [0.3, 0.4) is 0 Å². The fraction of sp³-hybridized carbons (Fsp3) is 0.714. The minimum atomic E-state index is 0.131. The molecule has 2 rings (SSSR count). The molecule has 2 heterocycles. The maximum Gasteiger partial charge on any atom is 0.257 e. The first-order valence-corrected chi connectivity index (χ1v) is 6.89. The Bertz CT molecular complexity index is 381. The minimum absolute atomic E-state index is 0.131. The zero-order valence-electron chi connectivity index (χ0n) is 11.6. The van der Waals surface area contributed by atoms with Crippen LogP contribution in [0, 0.1) is 5.92 Å². The number of hydrogen-bond acceptors (Lipinski definition) is 4. The maximum absolute atomic E-state index is 5.75. The van der Waals surface area contributed by atoms with E-state index in [4.69, 9.17) is 4.74 Å². The number of aromatic nitrogens is 2. The van der Waals surface area contributed by atoms with Crippen molar-refractivity contribution in [1.29, 1.82) is 0 Å². The van der Waals surface area contributed by atoms with Gasteiger partial charge in [0.25, 0.3) is 5.88 Å². The van der Waals surface area contributed by atoms with E-state index in [9.17, 15) is 0 Å². The monoisotopic (exact) mass is 249 g/mol. The van der Waals surface area contributed by atoms with Crippen LogP contribution in [0.25, 0.3) is 0 Å². The number of nitrogens with zero attached hydrogens (tertiary/aromatic N) is 3. The Morgan fingerprint density at radius 3 is 2.78 bits per heavy atom. The van der Waals surface area contributed by atoms with Gasteiger partial charge in [-0.1, -0.05) is 6.92 Å². The van der Waals surface area contributed by atoms with Gasteiger partial charge in [0, 0.05) is 25.5 Å². The molecule has 1 aliphatic rings. The molecule has 0 N–H and O–H groups in total. The van der Waals surface area contributed by atoms with E-state index in [2.05, 4.69) is 21.8 Å². The summed E-state index contributed by atoms with van der Waals surface area (Å²) in [5.74, 6) is 2.38. The fourth-order valence-electron chi connectivity index (χ4n) is 2.32. The molecule has 1 aliphatic heterocycles. The van der Waals surface area contributed by atoms with Crippen LogP contribution in [-0.4, -0.2) is 29.2 Å². The molecular formula is C14H23N3O. The van der Waals surface area contributed by atoms with Crippen molar-refractivity contribution >= 4 is 5.82 Å². The minimum Gasteiger partial charge on any atom is -0.472 e. The summed E-state index contributed by atoms with van der Waals surface area (Å²) in [6, 6.07) is 0. The summed E-state index contributed by atoms with van der Waals surface area (Å²) in [6.45, 7) is 8.46. The molecule has 0 saturated carbocycles. The van der Waals surface area contributed by atoms with E-state index in [1.807, 2.05) is 13.8 Å². The highest BCUT2D eigenvalue weighted by Crippen LogP contribution is 2.27. The molecule has 0 aromatic carbocycles. The highest BCUT2D eigenvalue weighted by Gasteiger charge is 2.19. The van der Waals surface area contributed by atoms with E-state index in [-0.39, 0.29) is 6.10 Å². The Hall–Kier alpha value is -1.32. The molecule has 0 radical (unpaired) electrons. The lowest BCUT2D eigenvalue weighted by Crippen LogP contribution is -2.26. The second kappa shape index (κ2) is 6.03. The smallest absolute Gasteiger partial charge is 0.257 e. The lowest BCUT2D eigenvalue weighted by molar-refractivity contribution is 0.232. The van der Waals surface area contributed by atoms with E-state index < -0.39 is 0 Å². The molecule has 4 nitrogen and oxygen atoms in total. The van der Waals surface area contributed by atoms with Gasteiger partial charge in [-0.25, -0.2) is 9.97 Å². The van der Waals surface area contributed by atoms with Crippen molar-refractivity contribution in [2.24, 2.45) is 5.92 Å². The summed E-state index contributed by atoms with van der Waals surface area (Å²) in [5, 5.41) is 0. The molecule has 1 fully saturated rings. The number of rotatable bonds is 3. The van der Waals surface area contributed by atoms with Crippen LogP contribution >= 0.6 is 0 Å². The molecule has 4 heteroatoms. The molecule has 18 heavy (non-hydrogen) atoms. The number of ether oxygens (including phenoxy) is 1. The standard InChI is InChI=1S/C14H23N3O/c1-11(2)18-14-13(15-7-8-16-14)17-9-4-5-12(3)6-10-17/h7-8,11-12H,4-6,9-10H2,1-3H3. The van der Waals surface area contributed by atoms with E-state index in [1.54, 1.807) is 12.4 Å². The lowest BCUT2D eigenvalue weighted by Gasteiger charge is -2.23. The predicted molar refractivity (Wildman–Crippen MR) is 73.0 cm³/mol. The summed E-state index contributed by atoms with van der Waals surface area (Å²) in [6.07, 6.45) is 7.32. The average molecular weight is 249 g/mol. The van der Waals surface area contributed by atoms with Crippen molar-refractivity contribution < 1.29 is 4.74 Å². The Labute approximate surface area is 109 Å². The van der Waals surface area contributed by atoms with E-state index >= 15 is 0 Å². The summed E-state index contributed by atoms with van der Waals surface area (Å²) < 4.78 is 5.75. The molecule has 1 saturated heterocycles. The topological polar surface area (TPSA) is 38.2 Å². The van der Waals surface area contributed by atoms with Gasteiger partial charge in [-0.2, -0.15) is 0 Å². The second-order valence-corrected chi connectivity index (χ2v) is 5.37. The summed E-state index contributed by atoms with van der Waals surface area (Å²) in [4.78, 5) is 11.1. The van der Waals surface area contributed by atoms with Crippen molar-refractivity contribution in [3.05, 3.63) is 12.4 Å². The fourth-order valence-corrected chi connectivity index (χ4v) is 2.32. The van der Waals surface area contributed by atoms with Gasteiger partial charge in [0.15, 0.2) is 5.82 Å². The molecule has 1 aromatic rings. The summed E-state index contributed by atoms with van der Waals surface area (Å²) in [5.41, 5.74) is 0. The molecule has 1 aromatic heterocycles. The summed E-state index contributed by atoms with van der Waals surface area (Å²) >= 11 is 0. The largest absolute Gasteiger partial charge is 0.472 e. The zero-order chi connectivity index (χ0) is 13.0. The highest BCUT2D eigenvalue weighted by molar-refractivity contribution is 5.47. The van der Waals surface area contributed by atoms with Crippen molar-refractivity contribution in [2.75, 3.05) is 18.0 Å². The first kappa shape index (κ1) is 13.1. The number of hydrogen-bond donors (Lipinski definition) is 0. The van der Waals surface area contributed by atoms with Crippen LogP contribution in [0.15, 0.2) is 12.4 Å². The highest BCUT2D eigenvalue weighted by atomic mass is 16.5. The van der Waals surface area contributed by atoms with E-state index in [0.717, 1.165) is 24.8 Å². The third kappa shape index (κ3) is 3.34.